The second kappa shape index (κ2) is 13.3. The molecule has 198 valence electrons. The van der Waals surface area contributed by atoms with Crippen LogP contribution in [0.5, 0.6) is 0 Å². The van der Waals surface area contributed by atoms with E-state index >= 15 is 0 Å². The van der Waals surface area contributed by atoms with Gasteiger partial charge >= 0.3 is 12.1 Å². The number of nitrogens with one attached hydrogen (secondary N) is 2. The Hall–Kier alpha value is -3.89. The van der Waals surface area contributed by atoms with Gasteiger partial charge < -0.3 is 30.7 Å². The third-order valence-corrected chi connectivity index (χ3v) is 5.01. The summed E-state index contributed by atoms with van der Waals surface area (Å²) in [5, 5.41) is 4.87. The maximum atomic E-state index is 13.7. The summed E-state index contributed by atoms with van der Waals surface area (Å²) in [5.74, 6) is -2.95. The molecule has 0 heterocycles. The van der Waals surface area contributed by atoms with Gasteiger partial charge in [-0.2, -0.15) is 0 Å². The van der Waals surface area contributed by atoms with E-state index in [1.807, 2.05) is 0 Å². The smallest absolute Gasteiger partial charge is 0.408 e. The molecule has 4 N–H and O–H groups in total. The molecule has 36 heavy (non-hydrogen) atoms. The standard InChI is InChI=1S/C25H36N4O7/c1-8-12-29(23(33)17(13-18(26)30)28-24(34)36-25(4,5)6)21(22(32)27-14-19(31)35-7)20-15(2)10-9-11-16(20)3/h8-11,17,21H,1,12-14H2,2-7H3,(H2,26,30)(H,27,32)(H,28,34). The number of carbonyl (C=O) groups is 5. The monoisotopic (exact) mass is 504 g/mol. The molecule has 1 rings (SSSR count). The zero-order valence-electron chi connectivity index (χ0n) is 21.7. The molecule has 0 spiro atoms. The lowest BCUT2D eigenvalue weighted by molar-refractivity contribution is -0.144. The van der Waals surface area contributed by atoms with Crippen molar-refractivity contribution in [3.63, 3.8) is 0 Å². The van der Waals surface area contributed by atoms with Crippen LogP contribution in [-0.2, 0) is 28.7 Å². The first-order chi connectivity index (χ1) is 16.7. The fourth-order valence-electron chi connectivity index (χ4n) is 3.53. The average molecular weight is 505 g/mol. The Morgan fingerprint density at radius 1 is 1.14 bits per heavy atom. The molecule has 0 bridgehead atoms. The van der Waals surface area contributed by atoms with Gasteiger partial charge in [0.05, 0.1) is 13.5 Å². The molecule has 1 aromatic carbocycles. The first-order valence-electron chi connectivity index (χ1n) is 11.3. The summed E-state index contributed by atoms with van der Waals surface area (Å²) in [6, 6.07) is 2.71. The van der Waals surface area contributed by atoms with E-state index in [0.717, 1.165) is 0 Å². The summed E-state index contributed by atoms with van der Waals surface area (Å²) in [5.41, 5.74) is 6.42. The Bertz CT molecular complexity index is 980. The number of nitrogens with zero attached hydrogens (tertiary/aromatic N) is 1. The number of alkyl carbamates (subject to hydrolysis) is 1. The van der Waals surface area contributed by atoms with E-state index in [9.17, 15) is 24.0 Å². The summed E-state index contributed by atoms with van der Waals surface area (Å²) in [6.45, 7) is 11.6. The predicted molar refractivity (Wildman–Crippen MR) is 133 cm³/mol. The van der Waals surface area contributed by atoms with E-state index in [2.05, 4.69) is 21.9 Å². The van der Waals surface area contributed by atoms with Gasteiger partial charge in [-0.15, -0.1) is 6.58 Å². The normalized spacial score (nSPS) is 12.5. The molecule has 0 aliphatic carbocycles. The summed E-state index contributed by atoms with van der Waals surface area (Å²) >= 11 is 0. The summed E-state index contributed by atoms with van der Waals surface area (Å²) in [4.78, 5) is 64.1. The fraction of sp³-hybridized carbons (Fsp3) is 0.480. The maximum Gasteiger partial charge on any atom is 0.408 e. The molecule has 0 aliphatic heterocycles. The number of hydrogen-bond acceptors (Lipinski definition) is 7. The third kappa shape index (κ3) is 9.05. The highest BCUT2D eigenvalue weighted by atomic mass is 16.6. The average Bonchev–Trinajstić information content (AvgIpc) is 2.76. The van der Waals surface area contributed by atoms with Gasteiger partial charge in [0.15, 0.2) is 0 Å². The van der Waals surface area contributed by atoms with Crippen molar-refractivity contribution in [2.24, 2.45) is 5.73 Å². The van der Waals surface area contributed by atoms with Crippen LogP contribution in [0.25, 0.3) is 0 Å². The lowest BCUT2D eigenvalue weighted by Gasteiger charge is -2.34. The van der Waals surface area contributed by atoms with Crippen LogP contribution in [0.1, 0.15) is 49.9 Å². The summed E-state index contributed by atoms with van der Waals surface area (Å²) in [7, 11) is 1.18. The predicted octanol–water partition coefficient (Wildman–Crippen LogP) is 1.42. The van der Waals surface area contributed by atoms with Gasteiger partial charge in [0.1, 0.15) is 24.2 Å². The highest BCUT2D eigenvalue weighted by Crippen LogP contribution is 2.28. The first kappa shape index (κ1) is 30.1. The number of carbonyl (C=O) groups excluding carboxylic acids is 5. The van der Waals surface area contributed by atoms with Crippen molar-refractivity contribution in [2.45, 2.75) is 58.7 Å². The Morgan fingerprint density at radius 2 is 1.72 bits per heavy atom. The highest BCUT2D eigenvalue weighted by molar-refractivity contribution is 5.95. The molecule has 0 saturated carbocycles. The summed E-state index contributed by atoms with van der Waals surface area (Å²) in [6.07, 6.45) is -0.0602. The van der Waals surface area contributed by atoms with Gasteiger partial charge in [-0.05, 0) is 51.3 Å². The van der Waals surface area contributed by atoms with Gasteiger partial charge in [-0.3, -0.25) is 19.2 Å². The van der Waals surface area contributed by atoms with Crippen LogP contribution in [0.3, 0.4) is 0 Å². The number of ether oxygens (including phenoxy) is 2. The van der Waals surface area contributed by atoms with Crippen molar-refractivity contribution in [3.05, 3.63) is 47.5 Å². The molecule has 0 fully saturated rings. The molecule has 2 unspecified atom stereocenters. The van der Waals surface area contributed by atoms with E-state index < -0.39 is 60.4 Å². The van der Waals surface area contributed by atoms with Gasteiger partial charge in [0.2, 0.25) is 17.7 Å². The van der Waals surface area contributed by atoms with Gasteiger partial charge in [0.25, 0.3) is 0 Å². The maximum absolute atomic E-state index is 13.7. The quantitative estimate of drug-likeness (QED) is 0.304. The Morgan fingerprint density at radius 3 is 2.19 bits per heavy atom. The van der Waals surface area contributed by atoms with E-state index in [-0.39, 0.29) is 6.54 Å². The van der Waals surface area contributed by atoms with E-state index in [4.69, 9.17) is 10.5 Å². The number of benzene rings is 1. The number of methoxy groups -OCH3 is 1. The Labute approximate surface area is 211 Å². The number of esters is 1. The molecule has 0 aliphatic rings. The second-order valence-corrected chi connectivity index (χ2v) is 9.15. The number of aryl methyl sites for hydroxylation is 2. The van der Waals surface area contributed by atoms with Gasteiger partial charge in [-0.25, -0.2) is 4.79 Å². The number of hydrogen-bond donors (Lipinski definition) is 3. The lowest BCUT2D eigenvalue weighted by Crippen LogP contribution is -2.54. The molecule has 11 nitrogen and oxygen atoms in total. The van der Waals surface area contributed by atoms with Crippen LogP contribution in [0.4, 0.5) is 4.79 Å². The minimum Gasteiger partial charge on any atom is -0.468 e. The van der Waals surface area contributed by atoms with Crippen molar-refractivity contribution in [2.75, 3.05) is 20.2 Å². The van der Waals surface area contributed by atoms with Crippen LogP contribution in [0, 0.1) is 13.8 Å². The molecule has 11 heteroatoms. The number of nitrogens with two attached hydrogens (primary N) is 1. The van der Waals surface area contributed by atoms with Crippen molar-refractivity contribution in [3.8, 4) is 0 Å². The minimum absolute atomic E-state index is 0.117. The number of primary amides is 1. The van der Waals surface area contributed by atoms with Crippen molar-refractivity contribution in [1.82, 2.24) is 15.5 Å². The Balaban J connectivity index is 3.54. The zero-order chi connectivity index (χ0) is 27.6. The van der Waals surface area contributed by atoms with Gasteiger partial charge in [0, 0.05) is 6.54 Å². The zero-order valence-corrected chi connectivity index (χ0v) is 21.7. The number of rotatable bonds is 11. The lowest BCUT2D eigenvalue weighted by atomic mass is 9.93. The number of amides is 4. The first-order valence-corrected chi connectivity index (χ1v) is 11.3. The minimum atomic E-state index is -1.42. The molecule has 0 aromatic heterocycles. The molecule has 1 aromatic rings. The van der Waals surface area contributed by atoms with Crippen molar-refractivity contribution in [1.29, 1.82) is 0 Å². The largest absolute Gasteiger partial charge is 0.468 e. The fourth-order valence-corrected chi connectivity index (χ4v) is 3.53. The van der Waals surface area contributed by atoms with Crippen LogP contribution in [0.15, 0.2) is 30.9 Å². The molecule has 0 saturated heterocycles. The molecule has 2 atom stereocenters. The second-order valence-electron chi connectivity index (χ2n) is 9.15. The van der Waals surface area contributed by atoms with Crippen LogP contribution < -0.4 is 16.4 Å². The summed E-state index contributed by atoms with van der Waals surface area (Å²) < 4.78 is 9.82. The van der Waals surface area contributed by atoms with E-state index in [0.29, 0.717) is 16.7 Å². The SMILES string of the molecule is C=CCN(C(=O)C(CC(N)=O)NC(=O)OC(C)(C)C)C(C(=O)NCC(=O)OC)c1c(C)cccc1C. The molecule has 0 radical (unpaired) electrons. The molecular weight excluding hydrogens is 468 g/mol. The molecule has 4 amide bonds. The third-order valence-electron chi connectivity index (χ3n) is 5.01. The van der Waals surface area contributed by atoms with Crippen molar-refractivity contribution >= 4 is 29.8 Å². The Kier molecular flexibility index (Phi) is 11.1. The topological polar surface area (TPSA) is 157 Å². The van der Waals surface area contributed by atoms with E-state index in [1.54, 1.807) is 52.8 Å². The van der Waals surface area contributed by atoms with E-state index in [1.165, 1.54) is 18.1 Å². The van der Waals surface area contributed by atoms with Crippen LogP contribution >= 0.6 is 0 Å². The van der Waals surface area contributed by atoms with Crippen LogP contribution in [0.2, 0.25) is 0 Å². The highest BCUT2D eigenvalue weighted by Gasteiger charge is 2.37. The molecular formula is C25H36N4O7. The van der Waals surface area contributed by atoms with Gasteiger partial charge in [-0.1, -0.05) is 24.3 Å². The van der Waals surface area contributed by atoms with Crippen LogP contribution in [-0.4, -0.2) is 66.5 Å². The van der Waals surface area contributed by atoms with Crippen molar-refractivity contribution < 1.29 is 33.4 Å².